The van der Waals surface area contributed by atoms with Gasteiger partial charge in [-0.15, -0.1) is 0 Å². The molecule has 0 aromatic heterocycles. The third kappa shape index (κ3) is 5.19. The van der Waals surface area contributed by atoms with Crippen LogP contribution in [0, 0.1) is 0 Å². The Morgan fingerprint density at radius 3 is 2.16 bits per heavy atom. The van der Waals surface area contributed by atoms with E-state index >= 15 is 0 Å². The predicted molar refractivity (Wildman–Crippen MR) is 113 cm³/mol. The molecule has 0 atom stereocenters. The number of anilines is 2. The number of hydrogen-bond donors (Lipinski definition) is 1. The molecule has 1 saturated heterocycles. The van der Waals surface area contributed by atoms with Crippen LogP contribution in [0.2, 0.25) is 0 Å². The molecule has 1 fully saturated rings. The Hall–Kier alpha value is -2.59. The van der Waals surface area contributed by atoms with Crippen LogP contribution in [0.4, 0.5) is 24.5 Å². The molecule has 0 saturated carbocycles. The summed E-state index contributed by atoms with van der Waals surface area (Å²) in [5.74, 6) is -0.635. The lowest BCUT2D eigenvalue weighted by Crippen LogP contribution is -2.35. The quantitative estimate of drug-likeness (QED) is 0.734. The number of sulfonamides is 1. The first-order valence-corrected chi connectivity index (χ1v) is 11.2. The molecule has 1 heterocycles. The molecule has 1 amide bonds. The van der Waals surface area contributed by atoms with E-state index in [1.54, 1.807) is 25.1 Å². The van der Waals surface area contributed by atoms with Gasteiger partial charge in [0.15, 0.2) is 0 Å². The van der Waals surface area contributed by atoms with Crippen LogP contribution in [0.5, 0.6) is 0 Å². The Morgan fingerprint density at radius 1 is 1.00 bits per heavy atom. The van der Waals surface area contributed by atoms with Crippen molar-refractivity contribution in [2.75, 3.05) is 37.4 Å². The summed E-state index contributed by atoms with van der Waals surface area (Å²) in [5, 5.41) is 2.64. The van der Waals surface area contributed by atoms with E-state index in [2.05, 4.69) is 5.32 Å². The highest BCUT2D eigenvalue weighted by atomic mass is 32.2. The minimum absolute atomic E-state index is 0.0296. The van der Waals surface area contributed by atoms with Crippen molar-refractivity contribution in [3.63, 3.8) is 0 Å². The van der Waals surface area contributed by atoms with Gasteiger partial charge in [-0.2, -0.15) is 17.5 Å². The third-order valence-corrected chi connectivity index (χ3v) is 7.02. The molecule has 1 N–H and O–H groups in total. The SMILES string of the molecule is CN(C)c1ccc(S(=O)(=O)N2CCCCC2)cc1NC(=O)c1ccc(C(F)(F)F)cc1. The molecule has 6 nitrogen and oxygen atoms in total. The van der Waals surface area contributed by atoms with Crippen molar-refractivity contribution in [1.29, 1.82) is 0 Å². The predicted octanol–water partition coefficient (Wildman–Crippen LogP) is 4.20. The first kappa shape index (κ1) is 23.1. The first-order chi connectivity index (χ1) is 14.5. The molecule has 1 aliphatic heterocycles. The monoisotopic (exact) mass is 455 g/mol. The normalized spacial score (nSPS) is 15.5. The fourth-order valence-electron chi connectivity index (χ4n) is 3.43. The van der Waals surface area contributed by atoms with Crippen molar-refractivity contribution in [3.05, 3.63) is 53.6 Å². The molecule has 10 heteroatoms. The topological polar surface area (TPSA) is 69.7 Å². The van der Waals surface area contributed by atoms with Crippen molar-refractivity contribution in [2.24, 2.45) is 0 Å². The molecule has 2 aromatic carbocycles. The van der Waals surface area contributed by atoms with Crippen molar-refractivity contribution in [2.45, 2.75) is 30.3 Å². The van der Waals surface area contributed by atoms with Crippen LogP contribution in [0.15, 0.2) is 47.4 Å². The number of hydrogen-bond acceptors (Lipinski definition) is 4. The van der Waals surface area contributed by atoms with E-state index in [1.807, 2.05) is 0 Å². The number of alkyl halides is 3. The van der Waals surface area contributed by atoms with E-state index in [0.717, 1.165) is 43.5 Å². The lowest BCUT2D eigenvalue weighted by atomic mass is 10.1. The maximum absolute atomic E-state index is 13.0. The number of rotatable bonds is 5. The Morgan fingerprint density at radius 2 is 1.61 bits per heavy atom. The lowest BCUT2D eigenvalue weighted by molar-refractivity contribution is -0.137. The van der Waals surface area contributed by atoms with E-state index in [9.17, 15) is 26.4 Å². The van der Waals surface area contributed by atoms with Crippen LogP contribution in [0.1, 0.15) is 35.2 Å². The number of nitrogens with one attached hydrogen (secondary N) is 1. The van der Waals surface area contributed by atoms with E-state index in [1.165, 1.54) is 16.4 Å². The minimum atomic E-state index is -4.50. The number of carbonyl (C=O) groups is 1. The van der Waals surface area contributed by atoms with E-state index in [4.69, 9.17) is 0 Å². The molecule has 31 heavy (non-hydrogen) atoms. The highest BCUT2D eigenvalue weighted by Crippen LogP contribution is 2.31. The number of benzene rings is 2. The molecule has 2 aromatic rings. The van der Waals surface area contributed by atoms with Crippen molar-refractivity contribution in [1.82, 2.24) is 4.31 Å². The van der Waals surface area contributed by atoms with Crippen LogP contribution < -0.4 is 10.2 Å². The molecule has 0 spiro atoms. The third-order valence-electron chi connectivity index (χ3n) is 5.13. The molecule has 0 aliphatic carbocycles. The summed E-state index contributed by atoms with van der Waals surface area (Å²) in [6.45, 7) is 0.899. The van der Waals surface area contributed by atoms with Crippen LogP contribution in [-0.2, 0) is 16.2 Å². The first-order valence-electron chi connectivity index (χ1n) is 9.80. The fraction of sp³-hybridized carbons (Fsp3) is 0.381. The summed E-state index contributed by atoms with van der Waals surface area (Å²) in [7, 11) is -0.235. The van der Waals surface area contributed by atoms with Gasteiger partial charge in [0.2, 0.25) is 10.0 Å². The smallest absolute Gasteiger partial charge is 0.376 e. The van der Waals surface area contributed by atoms with Gasteiger partial charge in [0.05, 0.1) is 21.8 Å². The Balaban J connectivity index is 1.90. The number of halogens is 3. The summed E-state index contributed by atoms with van der Waals surface area (Å²) in [6, 6.07) is 8.31. The molecule has 0 unspecified atom stereocenters. The molecule has 168 valence electrons. The lowest BCUT2D eigenvalue weighted by Gasteiger charge is -2.26. The number of amides is 1. The van der Waals surface area contributed by atoms with Crippen LogP contribution in [0.3, 0.4) is 0 Å². The van der Waals surface area contributed by atoms with Gasteiger partial charge in [0, 0.05) is 32.7 Å². The summed E-state index contributed by atoms with van der Waals surface area (Å²) in [6.07, 6.45) is -1.91. The van der Waals surface area contributed by atoms with Crippen molar-refractivity contribution >= 4 is 27.3 Å². The van der Waals surface area contributed by atoms with Gasteiger partial charge in [0.25, 0.3) is 5.91 Å². The fourth-order valence-corrected chi connectivity index (χ4v) is 4.97. The zero-order valence-electron chi connectivity index (χ0n) is 17.2. The highest BCUT2D eigenvalue weighted by molar-refractivity contribution is 7.89. The zero-order valence-corrected chi connectivity index (χ0v) is 18.1. The van der Waals surface area contributed by atoms with Gasteiger partial charge in [-0.05, 0) is 55.3 Å². The van der Waals surface area contributed by atoms with Gasteiger partial charge in [-0.25, -0.2) is 8.42 Å². The van der Waals surface area contributed by atoms with Crippen LogP contribution in [-0.4, -0.2) is 45.8 Å². The van der Waals surface area contributed by atoms with Gasteiger partial charge in [-0.3, -0.25) is 4.79 Å². The second-order valence-corrected chi connectivity index (χ2v) is 9.51. The van der Waals surface area contributed by atoms with Crippen LogP contribution in [0.25, 0.3) is 0 Å². The second kappa shape index (κ2) is 8.88. The van der Waals surface area contributed by atoms with Gasteiger partial charge in [0.1, 0.15) is 0 Å². The Labute approximate surface area is 179 Å². The average molecular weight is 456 g/mol. The van der Waals surface area contributed by atoms with Crippen molar-refractivity contribution in [3.8, 4) is 0 Å². The van der Waals surface area contributed by atoms with Gasteiger partial charge in [-0.1, -0.05) is 6.42 Å². The molecule has 1 aliphatic rings. The van der Waals surface area contributed by atoms with Crippen molar-refractivity contribution < 1.29 is 26.4 Å². The summed E-state index contributed by atoms with van der Waals surface area (Å²) < 4.78 is 65.7. The zero-order chi connectivity index (χ0) is 22.8. The van der Waals surface area contributed by atoms with E-state index in [0.29, 0.717) is 18.8 Å². The maximum atomic E-state index is 13.0. The molecular formula is C21H24F3N3O3S. The standard InChI is InChI=1S/C21H24F3N3O3S/c1-26(2)19-11-10-17(31(29,30)27-12-4-3-5-13-27)14-18(19)25-20(28)15-6-8-16(9-7-15)21(22,23)24/h6-11,14H,3-5,12-13H2,1-2H3,(H,25,28). The second-order valence-electron chi connectivity index (χ2n) is 7.57. The Bertz CT molecular complexity index is 1050. The number of piperidine rings is 1. The summed E-state index contributed by atoms with van der Waals surface area (Å²) in [5.41, 5.74) is 0.000452. The average Bonchev–Trinajstić information content (AvgIpc) is 2.73. The summed E-state index contributed by atoms with van der Waals surface area (Å²) in [4.78, 5) is 14.4. The molecule has 3 rings (SSSR count). The molecule has 0 radical (unpaired) electrons. The Kier molecular flexibility index (Phi) is 6.61. The molecule has 0 bridgehead atoms. The van der Waals surface area contributed by atoms with Gasteiger partial charge < -0.3 is 10.2 Å². The maximum Gasteiger partial charge on any atom is 0.416 e. The highest BCUT2D eigenvalue weighted by Gasteiger charge is 2.30. The number of carbonyl (C=O) groups excluding carboxylic acids is 1. The number of nitrogens with zero attached hydrogens (tertiary/aromatic N) is 2. The van der Waals surface area contributed by atoms with E-state index < -0.39 is 27.7 Å². The van der Waals surface area contributed by atoms with Crippen LogP contribution >= 0.6 is 0 Å². The van der Waals surface area contributed by atoms with E-state index in [-0.39, 0.29) is 16.1 Å². The minimum Gasteiger partial charge on any atom is -0.376 e. The largest absolute Gasteiger partial charge is 0.416 e. The summed E-state index contributed by atoms with van der Waals surface area (Å²) >= 11 is 0. The molecular weight excluding hydrogens is 431 g/mol. The van der Waals surface area contributed by atoms with Gasteiger partial charge >= 0.3 is 6.18 Å².